The van der Waals surface area contributed by atoms with E-state index in [4.69, 9.17) is 21.1 Å². The molecule has 0 aliphatic carbocycles. The maximum Gasteiger partial charge on any atom is 0.417 e. The number of hydrogen-bond donors (Lipinski definition) is 1. The SMILES string of the molecule is COc1ccc(OCCCC(=O)N(C)CC(=O)Nc2ccc(Cl)c(C(F)(F)F)c2)cc1. The van der Waals surface area contributed by atoms with Gasteiger partial charge < -0.3 is 19.7 Å². The molecule has 2 amide bonds. The Kier molecular flexibility index (Phi) is 8.56. The number of halogens is 4. The van der Waals surface area contributed by atoms with E-state index in [0.29, 0.717) is 24.5 Å². The van der Waals surface area contributed by atoms with E-state index >= 15 is 0 Å². The van der Waals surface area contributed by atoms with Crippen molar-refractivity contribution in [1.82, 2.24) is 4.90 Å². The van der Waals surface area contributed by atoms with Crippen LogP contribution in [-0.4, -0.2) is 44.0 Å². The number of nitrogens with zero attached hydrogens (tertiary/aromatic N) is 1. The molecule has 0 aromatic heterocycles. The van der Waals surface area contributed by atoms with Gasteiger partial charge in [-0.1, -0.05) is 11.6 Å². The van der Waals surface area contributed by atoms with Crippen LogP contribution in [0.15, 0.2) is 42.5 Å². The van der Waals surface area contributed by atoms with Crippen molar-refractivity contribution < 1.29 is 32.2 Å². The van der Waals surface area contributed by atoms with E-state index in [9.17, 15) is 22.8 Å². The van der Waals surface area contributed by atoms with Crippen molar-refractivity contribution in [2.24, 2.45) is 0 Å². The van der Waals surface area contributed by atoms with Gasteiger partial charge in [-0.3, -0.25) is 9.59 Å². The minimum atomic E-state index is -4.64. The van der Waals surface area contributed by atoms with E-state index in [1.165, 1.54) is 18.0 Å². The van der Waals surface area contributed by atoms with Gasteiger partial charge in [-0.25, -0.2) is 0 Å². The largest absolute Gasteiger partial charge is 0.497 e. The minimum Gasteiger partial charge on any atom is -0.497 e. The highest BCUT2D eigenvalue weighted by atomic mass is 35.5. The average Bonchev–Trinajstić information content (AvgIpc) is 2.72. The highest BCUT2D eigenvalue weighted by Gasteiger charge is 2.33. The van der Waals surface area contributed by atoms with Crippen molar-refractivity contribution >= 4 is 29.1 Å². The number of carbonyl (C=O) groups excluding carboxylic acids is 2. The monoisotopic (exact) mass is 458 g/mol. The van der Waals surface area contributed by atoms with Crippen molar-refractivity contribution in [2.45, 2.75) is 19.0 Å². The zero-order valence-electron chi connectivity index (χ0n) is 17.0. The fraction of sp³-hybridized carbons (Fsp3) is 0.333. The molecule has 0 aliphatic rings. The number of carbonyl (C=O) groups is 2. The molecule has 0 atom stereocenters. The van der Waals surface area contributed by atoms with Gasteiger partial charge in [0.15, 0.2) is 0 Å². The summed E-state index contributed by atoms with van der Waals surface area (Å²) in [4.78, 5) is 25.4. The Labute approximate surface area is 182 Å². The van der Waals surface area contributed by atoms with Crippen molar-refractivity contribution in [2.75, 3.05) is 32.6 Å². The van der Waals surface area contributed by atoms with E-state index in [-0.39, 0.29) is 24.6 Å². The summed E-state index contributed by atoms with van der Waals surface area (Å²) in [6.07, 6.45) is -4.06. The normalized spacial score (nSPS) is 11.0. The van der Waals surface area contributed by atoms with E-state index < -0.39 is 22.7 Å². The van der Waals surface area contributed by atoms with Crippen LogP contribution in [0.3, 0.4) is 0 Å². The summed E-state index contributed by atoms with van der Waals surface area (Å²) in [5.74, 6) is 0.430. The van der Waals surface area contributed by atoms with Crippen LogP contribution in [0.2, 0.25) is 5.02 Å². The molecule has 10 heteroatoms. The maximum atomic E-state index is 12.9. The van der Waals surface area contributed by atoms with Crippen LogP contribution in [0.1, 0.15) is 18.4 Å². The number of methoxy groups -OCH3 is 1. The summed E-state index contributed by atoms with van der Waals surface area (Å²) in [5, 5.41) is 1.88. The molecule has 168 valence electrons. The summed E-state index contributed by atoms with van der Waals surface area (Å²) in [5.41, 5.74) is -1.11. The molecule has 0 heterocycles. The first-order valence-electron chi connectivity index (χ1n) is 9.27. The van der Waals surface area contributed by atoms with Crippen LogP contribution in [-0.2, 0) is 15.8 Å². The summed E-state index contributed by atoms with van der Waals surface area (Å²) in [7, 11) is 3.00. The Morgan fingerprint density at radius 1 is 1.10 bits per heavy atom. The number of nitrogens with one attached hydrogen (secondary N) is 1. The third-order valence-electron chi connectivity index (χ3n) is 4.23. The molecule has 2 aromatic carbocycles. The highest BCUT2D eigenvalue weighted by molar-refractivity contribution is 6.31. The number of amides is 2. The summed E-state index contributed by atoms with van der Waals surface area (Å²) in [6, 6.07) is 10.1. The van der Waals surface area contributed by atoms with Gasteiger partial charge in [0.1, 0.15) is 11.5 Å². The fourth-order valence-corrected chi connectivity index (χ4v) is 2.83. The van der Waals surface area contributed by atoms with E-state index in [0.717, 1.165) is 12.1 Å². The zero-order chi connectivity index (χ0) is 23.0. The number of rotatable bonds is 9. The second-order valence-corrected chi connectivity index (χ2v) is 7.03. The van der Waals surface area contributed by atoms with Crippen molar-refractivity contribution in [3.8, 4) is 11.5 Å². The molecular weight excluding hydrogens is 437 g/mol. The standard InChI is InChI=1S/C21H22ClF3N2O4/c1-27(20(29)4-3-11-31-16-8-6-15(30-2)7-9-16)13-19(28)26-14-5-10-18(22)17(12-14)21(23,24)25/h5-10,12H,3-4,11,13H2,1-2H3,(H,26,28). The molecule has 2 aromatic rings. The molecule has 0 aliphatic heterocycles. The van der Waals surface area contributed by atoms with Gasteiger partial charge in [-0.05, 0) is 48.9 Å². The lowest BCUT2D eigenvalue weighted by Gasteiger charge is -2.17. The van der Waals surface area contributed by atoms with E-state index in [1.807, 2.05) is 0 Å². The Morgan fingerprint density at radius 2 is 1.74 bits per heavy atom. The predicted molar refractivity (Wildman–Crippen MR) is 110 cm³/mol. The molecule has 2 rings (SSSR count). The van der Waals surface area contributed by atoms with Gasteiger partial charge in [0.2, 0.25) is 11.8 Å². The first-order chi connectivity index (χ1) is 14.6. The zero-order valence-corrected chi connectivity index (χ0v) is 17.7. The number of benzene rings is 2. The molecule has 0 saturated carbocycles. The third-order valence-corrected chi connectivity index (χ3v) is 4.55. The second kappa shape index (κ2) is 10.9. The van der Waals surface area contributed by atoms with Gasteiger partial charge in [0.25, 0.3) is 0 Å². The molecule has 6 nitrogen and oxygen atoms in total. The Hall–Kier alpha value is -2.94. The lowest BCUT2D eigenvalue weighted by Crippen LogP contribution is -2.35. The Morgan fingerprint density at radius 3 is 2.35 bits per heavy atom. The van der Waals surface area contributed by atoms with Crippen molar-refractivity contribution in [3.05, 3.63) is 53.1 Å². The smallest absolute Gasteiger partial charge is 0.417 e. The van der Waals surface area contributed by atoms with Crippen LogP contribution in [0.25, 0.3) is 0 Å². The average molecular weight is 459 g/mol. The van der Waals surface area contributed by atoms with Gasteiger partial charge >= 0.3 is 6.18 Å². The Bertz CT molecular complexity index is 904. The van der Waals surface area contributed by atoms with Gasteiger partial charge in [-0.15, -0.1) is 0 Å². The molecule has 1 N–H and O–H groups in total. The molecular formula is C21H22ClF3N2O4. The maximum absolute atomic E-state index is 12.9. The van der Waals surface area contributed by atoms with Crippen LogP contribution >= 0.6 is 11.6 Å². The molecule has 0 bridgehead atoms. The van der Waals surface area contributed by atoms with Gasteiger partial charge in [-0.2, -0.15) is 13.2 Å². The summed E-state index contributed by atoms with van der Waals surface area (Å²) >= 11 is 5.56. The first-order valence-corrected chi connectivity index (χ1v) is 9.65. The second-order valence-electron chi connectivity index (χ2n) is 6.62. The number of anilines is 1. The lowest BCUT2D eigenvalue weighted by atomic mass is 10.2. The summed E-state index contributed by atoms with van der Waals surface area (Å²) < 4.78 is 49.3. The lowest BCUT2D eigenvalue weighted by molar-refractivity contribution is -0.137. The number of likely N-dealkylation sites (N-methyl/N-ethyl adjacent to an activating group) is 1. The summed E-state index contributed by atoms with van der Waals surface area (Å²) in [6.45, 7) is 0.00521. The molecule has 0 unspecified atom stereocenters. The molecule has 0 saturated heterocycles. The third kappa shape index (κ3) is 7.67. The fourth-order valence-electron chi connectivity index (χ4n) is 2.60. The van der Waals surface area contributed by atoms with Crippen LogP contribution in [0.4, 0.5) is 18.9 Å². The topological polar surface area (TPSA) is 67.9 Å². The molecule has 31 heavy (non-hydrogen) atoms. The number of hydrogen-bond acceptors (Lipinski definition) is 4. The Balaban J connectivity index is 1.77. The van der Waals surface area contributed by atoms with Crippen molar-refractivity contribution in [3.63, 3.8) is 0 Å². The molecule has 0 spiro atoms. The van der Waals surface area contributed by atoms with Gasteiger partial charge in [0, 0.05) is 19.2 Å². The van der Waals surface area contributed by atoms with E-state index in [2.05, 4.69) is 5.32 Å². The van der Waals surface area contributed by atoms with Gasteiger partial charge in [0.05, 0.1) is 30.8 Å². The number of alkyl halides is 3. The predicted octanol–water partition coefficient (Wildman–Crippen LogP) is 4.62. The quantitative estimate of drug-likeness (QED) is 0.557. The van der Waals surface area contributed by atoms with Crippen LogP contribution < -0.4 is 14.8 Å². The van der Waals surface area contributed by atoms with Crippen molar-refractivity contribution in [1.29, 1.82) is 0 Å². The van der Waals surface area contributed by atoms with Crippen LogP contribution in [0.5, 0.6) is 11.5 Å². The highest BCUT2D eigenvalue weighted by Crippen LogP contribution is 2.36. The minimum absolute atomic E-state index is 0.0598. The molecule has 0 radical (unpaired) electrons. The first kappa shape index (κ1) is 24.3. The van der Waals surface area contributed by atoms with E-state index in [1.54, 1.807) is 31.4 Å². The molecule has 0 fully saturated rings. The number of ether oxygens (including phenoxy) is 2. The van der Waals surface area contributed by atoms with Crippen LogP contribution in [0, 0.1) is 0 Å².